The molecule has 2 aromatic rings. The molecule has 1 saturated heterocycles. The van der Waals surface area contributed by atoms with Crippen LogP contribution in [0.2, 0.25) is 5.02 Å². The van der Waals surface area contributed by atoms with E-state index in [1.165, 1.54) is 12.0 Å². The van der Waals surface area contributed by atoms with Crippen molar-refractivity contribution in [2.75, 3.05) is 19.6 Å². The van der Waals surface area contributed by atoms with E-state index >= 15 is 0 Å². The Bertz CT molecular complexity index is 603. The molecule has 1 fully saturated rings. The summed E-state index contributed by atoms with van der Waals surface area (Å²) in [5.41, 5.74) is 2.36. The van der Waals surface area contributed by atoms with Crippen LogP contribution in [0, 0.1) is 0 Å². The first-order valence-electron chi connectivity index (χ1n) is 8.44. The molecule has 0 aliphatic carbocycles. The molecule has 2 aromatic carbocycles. The third-order valence-corrected chi connectivity index (χ3v) is 4.62. The van der Waals surface area contributed by atoms with E-state index < -0.39 is 0 Å². The van der Waals surface area contributed by atoms with E-state index in [-0.39, 0.29) is 18.5 Å². The molecule has 0 amide bonds. The van der Waals surface area contributed by atoms with Crippen molar-refractivity contribution in [3.63, 3.8) is 0 Å². The van der Waals surface area contributed by atoms with Crippen molar-refractivity contribution < 1.29 is 4.74 Å². The van der Waals surface area contributed by atoms with Crippen molar-refractivity contribution in [3.8, 4) is 0 Å². The molecular weight excluding hydrogens is 341 g/mol. The van der Waals surface area contributed by atoms with E-state index in [2.05, 4.69) is 48.2 Å². The number of benzene rings is 2. The topological polar surface area (TPSA) is 12.5 Å². The van der Waals surface area contributed by atoms with Crippen LogP contribution in [0.5, 0.6) is 0 Å². The molecule has 1 aliphatic heterocycles. The van der Waals surface area contributed by atoms with Crippen molar-refractivity contribution in [1.29, 1.82) is 0 Å². The standard InChI is InChI=1S/C20H24ClNO.ClH/c1-2-13-22-14-12-19(15-22)23-20(16-6-4-3-5-7-16)17-8-10-18(21)11-9-17;/h3-11,19-20H,2,12-15H2,1H3;1H. The molecule has 4 heteroatoms. The lowest BCUT2D eigenvalue weighted by molar-refractivity contribution is 0.0143. The van der Waals surface area contributed by atoms with Crippen LogP contribution in [0.3, 0.4) is 0 Å². The SMILES string of the molecule is CCCN1CCC(OC(c2ccccc2)c2ccc(Cl)cc2)C1.Cl. The molecule has 2 atom stereocenters. The first-order valence-corrected chi connectivity index (χ1v) is 8.82. The van der Waals surface area contributed by atoms with Crippen molar-refractivity contribution in [2.45, 2.75) is 32.0 Å². The number of hydrogen-bond donors (Lipinski definition) is 0. The smallest absolute Gasteiger partial charge is 0.108 e. The zero-order valence-electron chi connectivity index (χ0n) is 14.0. The normalized spacial score (nSPS) is 19.0. The van der Waals surface area contributed by atoms with Gasteiger partial charge in [-0.25, -0.2) is 0 Å². The number of halogens is 2. The summed E-state index contributed by atoms with van der Waals surface area (Å²) in [4.78, 5) is 2.49. The van der Waals surface area contributed by atoms with Gasteiger partial charge in [-0.15, -0.1) is 12.4 Å². The Labute approximate surface area is 156 Å². The largest absolute Gasteiger partial charge is 0.364 e. The van der Waals surface area contributed by atoms with E-state index in [0.29, 0.717) is 6.10 Å². The van der Waals surface area contributed by atoms with Crippen LogP contribution in [0.4, 0.5) is 0 Å². The van der Waals surface area contributed by atoms with Gasteiger partial charge in [-0.1, -0.05) is 61.0 Å². The average Bonchev–Trinajstić information content (AvgIpc) is 3.02. The van der Waals surface area contributed by atoms with Crippen molar-refractivity contribution >= 4 is 24.0 Å². The summed E-state index contributed by atoms with van der Waals surface area (Å²) >= 11 is 6.04. The maximum atomic E-state index is 6.52. The molecule has 2 nitrogen and oxygen atoms in total. The fraction of sp³-hybridized carbons (Fsp3) is 0.400. The van der Waals surface area contributed by atoms with E-state index in [1.807, 2.05) is 18.2 Å². The van der Waals surface area contributed by atoms with Crippen molar-refractivity contribution in [2.24, 2.45) is 0 Å². The monoisotopic (exact) mass is 365 g/mol. The van der Waals surface area contributed by atoms with Gasteiger partial charge in [-0.05, 0) is 42.6 Å². The highest BCUT2D eigenvalue weighted by Gasteiger charge is 2.26. The van der Waals surface area contributed by atoms with E-state index in [9.17, 15) is 0 Å². The number of nitrogens with zero attached hydrogens (tertiary/aromatic N) is 1. The molecule has 1 aliphatic rings. The molecule has 0 N–H and O–H groups in total. The van der Waals surface area contributed by atoms with Gasteiger partial charge in [0.15, 0.2) is 0 Å². The molecule has 0 spiro atoms. The zero-order chi connectivity index (χ0) is 16.1. The predicted molar refractivity (Wildman–Crippen MR) is 103 cm³/mol. The third kappa shape index (κ3) is 4.97. The van der Waals surface area contributed by atoms with E-state index in [4.69, 9.17) is 16.3 Å². The summed E-state index contributed by atoms with van der Waals surface area (Å²) in [5, 5.41) is 0.760. The fourth-order valence-electron chi connectivity index (χ4n) is 3.23. The van der Waals surface area contributed by atoms with Gasteiger partial charge in [-0.3, -0.25) is 0 Å². The van der Waals surface area contributed by atoms with Gasteiger partial charge in [-0.2, -0.15) is 0 Å². The first-order chi connectivity index (χ1) is 11.3. The Kier molecular flexibility index (Phi) is 7.57. The minimum absolute atomic E-state index is 0. The quantitative estimate of drug-likeness (QED) is 0.683. The lowest BCUT2D eigenvalue weighted by atomic mass is 10.0. The maximum Gasteiger partial charge on any atom is 0.108 e. The second-order valence-corrected chi connectivity index (χ2v) is 6.63. The Balaban J connectivity index is 0.00000208. The molecule has 0 aromatic heterocycles. The van der Waals surface area contributed by atoms with Crippen LogP contribution in [0.25, 0.3) is 0 Å². The summed E-state index contributed by atoms with van der Waals surface area (Å²) in [6, 6.07) is 18.5. The molecule has 130 valence electrons. The minimum atomic E-state index is -0.0277. The lowest BCUT2D eigenvalue weighted by Gasteiger charge is -2.23. The van der Waals surface area contributed by atoms with Crippen LogP contribution in [0.15, 0.2) is 54.6 Å². The molecule has 1 heterocycles. The van der Waals surface area contributed by atoms with Crippen LogP contribution >= 0.6 is 24.0 Å². The highest BCUT2D eigenvalue weighted by molar-refractivity contribution is 6.30. The molecular formula is C20H25Cl2NO. The van der Waals surface area contributed by atoms with Gasteiger partial charge in [0, 0.05) is 18.1 Å². The van der Waals surface area contributed by atoms with Crippen molar-refractivity contribution in [3.05, 3.63) is 70.7 Å². The second kappa shape index (κ2) is 9.43. The molecule has 0 radical (unpaired) electrons. The highest BCUT2D eigenvalue weighted by Crippen LogP contribution is 2.30. The fourth-order valence-corrected chi connectivity index (χ4v) is 3.36. The molecule has 2 unspecified atom stereocenters. The first kappa shape index (κ1) is 19.3. The summed E-state index contributed by atoms with van der Waals surface area (Å²) in [6.07, 6.45) is 2.57. The molecule has 0 saturated carbocycles. The second-order valence-electron chi connectivity index (χ2n) is 6.19. The molecule has 24 heavy (non-hydrogen) atoms. The van der Waals surface area contributed by atoms with Crippen LogP contribution in [-0.4, -0.2) is 30.6 Å². The predicted octanol–water partition coefficient (Wildman–Crippen LogP) is 5.35. The minimum Gasteiger partial charge on any atom is -0.364 e. The number of likely N-dealkylation sites (tertiary alicyclic amines) is 1. The summed E-state index contributed by atoms with van der Waals surface area (Å²) in [6.45, 7) is 5.57. The van der Waals surface area contributed by atoms with E-state index in [1.54, 1.807) is 0 Å². The summed E-state index contributed by atoms with van der Waals surface area (Å²) in [7, 11) is 0. The third-order valence-electron chi connectivity index (χ3n) is 4.37. The highest BCUT2D eigenvalue weighted by atomic mass is 35.5. The number of ether oxygens (including phenoxy) is 1. The summed E-state index contributed by atoms with van der Waals surface area (Å²) in [5.74, 6) is 0. The number of hydrogen-bond acceptors (Lipinski definition) is 2. The Morgan fingerprint density at radius 2 is 1.75 bits per heavy atom. The zero-order valence-corrected chi connectivity index (χ0v) is 15.6. The van der Waals surface area contributed by atoms with Gasteiger partial charge < -0.3 is 9.64 Å². The summed E-state index contributed by atoms with van der Waals surface area (Å²) < 4.78 is 6.52. The van der Waals surface area contributed by atoms with Crippen LogP contribution < -0.4 is 0 Å². The lowest BCUT2D eigenvalue weighted by Crippen LogP contribution is -2.25. The van der Waals surface area contributed by atoms with E-state index in [0.717, 1.165) is 36.6 Å². The van der Waals surface area contributed by atoms with Gasteiger partial charge >= 0.3 is 0 Å². The Morgan fingerprint density at radius 1 is 1.08 bits per heavy atom. The molecule has 0 bridgehead atoms. The van der Waals surface area contributed by atoms with Crippen molar-refractivity contribution in [1.82, 2.24) is 4.90 Å². The molecule has 3 rings (SSSR count). The van der Waals surface area contributed by atoms with Gasteiger partial charge in [0.1, 0.15) is 6.10 Å². The van der Waals surface area contributed by atoms with Gasteiger partial charge in [0.2, 0.25) is 0 Å². The van der Waals surface area contributed by atoms with Crippen LogP contribution in [-0.2, 0) is 4.74 Å². The maximum absolute atomic E-state index is 6.52. The number of rotatable bonds is 6. The van der Waals surface area contributed by atoms with Crippen LogP contribution in [0.1, 0.15) is 37.0 Å². The van der Waals surface area contributed by atoms with Gasteiger partial charge in [0.25, 0.3) is 0 Å². The van der Waals surface area contributed by atoms with Gasteiger partial charge in [0.05, 0.1) is 6.10 Å². The Hall–Kier alpha value is -1.06. The Morgan fingerprint density at radius 3 is 2.42 bits per heavy atom. The average molecular weight is 366 g/mol.